The van der Waals surface area contributed by atoms with Crippen LogP contribution in [0.1, 0.15) is 46.0 Å². The third-order valence-electron chi connectivity index (χ3n) is 5.00. The Hall–Kier alpha value is -0.610. The maximum Gasteiger partial charge on any atom is 0.241 e. The van der Waals surface area contributed by atoms with Gasteiger partial charge in [-0.3, -0.25) is 15.0 Å². The highest BCUT2D eigenvalue weighted by molar-refractivity contribution is 5.84. The van der Waals surface area contributed by atoms with E-state index in [1.807, 2.05) is 0 Å². The van der Waals surface area contributed by atoms with Crippen molar-refractivity contribution in [2.45, 2.75) is 70.2 Å². The summed E-state index contributed by atoms with van der Waals surface area (Å²) in [6.45, 7) is 6.70. The molecule has 3 aliphatic rings. The number of fused-ring (bicyclic) bond motifs is 1. The van der Waals surface area contributed by atoms with Gasteiger partial charge in [0.25, 0.3) is 0 Å². The second kappa shape index (κ2) is 4.82. The second-order valence-corrected chi connectivity index (χ2v) is 5.90. The molecular weight excluding hydrogens is 226 g/mol. The van der Waals surface area contributed by atoms with Crippen LogP contribution < -0.4 is 5.32 Å². The molecule has 1 amide bonds. The number of nitrogens with zero attached hydrogens (tertiary/aromatic N) is 2. The quantitative estimate of drug-likeness (QED) is 0.818. The Kier molecular flexibility index (Phi) is 3.32. The van der Waals surface area contributed by atoms with Crippen molar-refractivity contribution >= 4 is 5.91 Å². The van der Waals surface area contributed by atoms with E-state index in [2.05, 4.69) is 29.0 Å². The molecule has 4 nitrogen and oxygen atoms in total. The van der Waals surface area contributed by atoms with Gasteiger partial charge in [-0.15, -0.1) is 0 Å². The highest BCUT2D eigenvalue weighted by Crippen LogP contribution is 2.34. The van der Waals surface area contributed by atoms with Crippen molar-refractivity contribution in [2.75, 3.05) is 13.1 Å². The average Bonchev–Trinajstić information content (AvgIpc) is 3.03. The average molecular weight is 251 g/mol. The highest BCUT2D eigenvalue weighted by Gasteiger charge is 2.47. The van der Waals surface area contributed by atoms with Gasteiger partial charge in [-0.25, -0.2) is 0 Å². The van der Waals surface area contributed by atoms with Gasteiger partial charge in [-0.1, -0.05) is 13.8 Å². The molecule has 0 spiro atoms. The molecule has 3 rings (SSSR count). The van der Waals surface area contributed by atoms with Gasteiger partial charge in [0.05, 0.1) is 18.2 Å². The van der Waals surface area contributed by atoms with Crippen LogP contribution in [0.3, 0.4) is 0 Å². The van der Waals surface area contributed by atoms with Crippen LogP contribution in [0.25, 0.3) is 0 Å². The molecule has 3 heterocycles. The fourth-order valence-electron chi connectivity index (χ4n) is 4.10. The van der Waals surface area contributed by atoms with Gasteiger partial charge in [-0.2, -0.15) is 0 Å². The Morgan fingerprint density at radius 3 is 2.72 bits per heavy atom. The van der Waals surface area contributed by atoms with Crippen molar-refractivity contribution < 1.29 is 4.79 Å². The number of amides is 1. The predicted molar refractivity (Wildman–Crippen MR) is 71.1 cm³/mol. The number of carbonyl (C=O) groups is 1. The Labute approximate surface area is 110 Å². The van der Waals surface area contributed by atoms with Crippen LogP contribution in [0, 0.1) is 0 Å². The number of hydrogen-bond donors (Lipinski definition) is 1. The monoisotopic (exact) mass is 251 g/mol. The number of carbonyl (C=O) groups excluding carboxylic acids is 1. The van der Waals surface area contributed by atoms with Gasteiger partial charge in [-0.05, 0) is 38.6 Å². The van der Waals surface area contributed by atoms with Gasteiger partial charge in [0, 0.05) is 12.6 Å². The normalized spacial score (nSPS) is 40.8. The molecule has 18 heavy (non-hydrogen) atoms. The van der Waals surface area contributed by atoms with Crippen molar-refractivity contribution in [3.05, 3.63) is 0 Å². The molecule has 0 aromatic heterocycles. The minimum atomic E-state index is 0.0606. The lowest BCUT2D eigenvalue weighted by Crippen LogP contribution is -2.49. The summed E-state index contributed by atoms with van der Waals surface area (Å²) in [5.74, 6) is 0.350. The lowest BCUT2D eigenvalue weighted by Gasteiger charge is -2.33. The molecule has 0 saturated carbocycles. The lowest BCUT2D eigenvalue weighted by molar-refractivity contribution is -0.132. The van der Waals surface area contributed by atoms with E-state index in [0.29, 0.717) is 18.0 Å². The first-order chi connectivity index (χ1) is 8.76. The molecule has 3 saturated heterocycles. The topological polar surface area (TPSA) is 35.6 Å². The maximum absolute atomic E-state index is 12.5. The van der Waals surface area contributed by atoms with Crippen molar-refractivity contribution in [3.63, 3.8) is 0 Å². The summed E-state index contributed by atoms with van der Waals surface area (Å²) in [5.41, 5.74) is 0. The molecule has 4 unspecified atom stereocenters. The molecule has 3 fully saturated rings. The molecule has 0 aromatic rings. The largest absolute Gasteiger partial charge is 0.321 e. The van der Waals surface area contributed by atoms with E-state index in [1.54, 1.807) is 0 Å². The zero-order valence-electron chi connectivity index (χ0n) is 11.6. The smallest absolute Gasteiger partial charge is 0.241 e. The van der Waals surface area contributed by atoms with E-state index in [4.69, 9.17) is 0 Å². The first-order valence-electron chi connectivity index (χ1n) is 7.58. The van der Waals surface area contributed by atoms with Crippen LogP contribution in [0.5, 0.6) is 0 Å². The van der Waals surface area contributed by atoms with Crippen molar-refractivity contribution in [2.24, 2.45) is 0 Å². The molecule has 0 radical (unpaired) electrons. The highest BCUT2D eigenvalue weighted by atomic mass is 16.2. The maximum atomic E-state index is 12.5. The SMILES string of the molecule is CCC1NC(CC)N(C2CCN3CCCC23)C1=O. The summed E-state index contributed by atoms with van der Waals surface area (Å²) < 4.78 is 0. The summed E-state index contributed by atoms with van der Waals surface area (Å²) in [7, 11) is 0. The van der Waals surface area contributed by atoms with Crippen LogP contribution in [-0.2, 0) is 4.79 Å². The van der Waals surface area contributed by atoms with E-state index in [-0.39, 0.29) is 12.2 Å². The second-order valence-electron chi connectivity index (χ2n) is 5.90. The van der Waals surface area contributed by atoms with E-state index >= 15 is 0 Å². The lowest BCUT2D eigenvalue weighted by atomic mass is 10.0. The van der Waals surface area contributed by atoms with Crippen LogP contribution in [0.15, 0.2) is 0 Å². The van der Waals surface area contributed by atoms with Crippen LogP contribution in [-0.4, -0.2) is 53.1 Å². The zero-order valence-corrected chi connectivity index (χ0v) is 11.6. The molecule has 4 atom stereocenters. The predicted octanol–water partition coefficient (Wildman–Crippen LogP) is 1.17. The molecule has 102 valence electrons. The molecule has 0 aliphatic carbocycles. The van der Waals surface area contributed by atoms with Gasteiger partial charge >= 0.3 is 0 Å². The Morgan fingerprint density at radius 1 is 1.17 bits per heavy atom. The van der Waals surface area contributed by atoms with Gasteiger partial charge in [0.1, 0.15) is 0 Å². The molecule has 0 aromatic carbocycles. The Morgan fingerprint density at radius 2 is 2.00 bits per heavy atom. The standard InChI is InChI=1S/C14H25N3O/c1-3-10-14(18)17(13(4-2)15-10)12-7-9-16-8-5-6-11(12)16/h10-13,15H,3-9H2,1-2H3. The Bertz CT molecular complexity index is 333. The van der Waals surface area contributed by atoms with E-state index in [9.17, 15) is 4.79 Å². The summed E-state index contributed by atoms with van der Waals surface area (Å²) in [5, 5.41) is 3.50. The fourth-order valence-corrected chi connectivity index (χ4v) is 4.10. The minimum absolute atomic E-state index is 0.0606. The van der Waals surface area contributed by atoms with Crippen molar-refractivity contribution in [3.8, 4) is 0 Å². The summed E-state index contributed by atoms with van der Waals surface area (Å²) in [6.07, 6.45) is 5.96. The zero-order chi connectivity index (χ0) is 12.7. The van der Waals surface area contributed by atoms with E-state index in [1.165, 1.54) is 32.4 Å². The van der Waals surface area contributed by atoms with Crippen LogP contribution in [0.2, 0.25) is 0 Å². The number of rotatable bonds is 3. The summed E-state index contributed by atoms with van der Waals surface area (Å²) >= 11 is 0. The van der Waals surface area contributed by atoms with Crippen molar-refractivity contribution in [1.29, 1.82) is 0 Å². The van der Waals surface area contributed by atoms with E-state index < -0.39 is 0 Å². The van der Waals surface area contributed by atoms with Crippen LogP contribution >= 0.6 is 0 Å². The Balaban J connectivity index is 1.79. The third-order valence-corrected chi connectivity index (χ3v) is 5.00. The van der Waals surface area contributed by atoms with Crippen LogP contribution in [0.4, 0.5) is 0 Å². The van der Waals surface area contributed by atoms with Gasteiger partial charge in [0.15, 0.2) is 0 Å². The summed E-state index contributed by atoms with van der Waals surface area (Å²) in [6, 6.07) is 1.17. The summed E-state index contributed by atoms with van der Waals surface area (Å²) in [4.78, 5) is 17.3. The molecule has 4 heteroatoms. The number of nitrogens with one attached hydrogen (secondary N) is 1. The minimum Gasteiger partial charge on any atom is -0.321 e. The van der Waals surface area contributed by atoms with Gasteiger partial charge < -0.3 is 4.90 Å². The van der Waals surface area contributed by atoms with Crippen molar-refractivity contribution in [1.82, 2.24) is 15.1 Å². The third kappa shape index (κ3) is 1.77. The molecule has 1 N–H and O–H groups in total. The molecule has 3 aliphatic heterocycles. The van der Waals surface area contributed by atoms with E-state index in [0.717, 1.165) is 12.8 Å². The van der Waals surface area contributed by atoms with Gasteiger partial charge in [0.2, 0.25) is 5.91 Å². The first-order valence-corrected chi connectivity index (χ1v) is 7.58. The first kappa shape index (κ1) is 12.4. The number of hydrogen-bond acceptors (Lipinski definition) is 3. The molecule has 0 bridgehead atoms. The molecular formula is C14H25N3O. The fraction of sp³-hybridized carbons (Fsp3) is 0.929.